The summed E-state index contributed by atoms with van der Waals surface area (Å²) in [5.41, 5.74) is -9.28. The molecule has 0 radical (unpaired) electrons. The Labute approximate surface area is 222 Å². The molecule has 0 aliphatic heterocycles. The van der Waals surface area contributed by atoms with Crippen LogP contribution < -0.4 is 26.8 Å². The summed E-state index contributed by atoms with van der Waals surface area (Å²) in [5.74, 6) is -46.0. The molecule has 42 heavy (non-hydrogen) atoms. The van der Waals surface area contributed by atoms with E-state index in [2.05, 4.69) is 4.98 Å². The van der Waals surface area contributed by atoms with Gasteiger partial charge in [-0.25, -0.2) is 70.8 Å². The van der Waals surface area contributed by atoms with Gasteiger partial charge < -0.3 is 4.90 Å². The van der Waals surface area contributed by atoms with Gasteiger partial charge in [-0.1, -0.05) is 22.5 Å². The molecule has 0 aliphatic rings. The van der Waals surface area contributed by atoms with Gasteiger partial charge in [0.05, 0.1) is 5.69 Å². The van der Waals surface area contributed by atoms with E-state index in [0.717, 1.165) is 6.07 Å². The van der Waals surface area contributed by atoms with Gasteiger partial charge in [0.15, 0.2) is 52.4 Å². The summed E-state index contributed by atoms with van der Waals surface area (Å²) in [4.78, 5) is 3.74. The highest BCUT2D eigenvalue weighted by Gasteiger charge is 2.51. The van der Waals surface area contributed by atoms with Crippen molar-refractivity contribution in [1.82, 2.24) is 4.98 Å². The minimum Gasteiger partial charge on any atom is -0.457 e. The summed E-state index contributed by atoms with van der Waals surface area (Å²) >= 11 is 0. The number of halogens is 15. The normalized spacial score (nSPS) is 12.4. The Morgan fingerprint density at radius 2 is 0.690 bits per heavy atom. The highest BCUT2D eigenvalue weighted by Crippen LogP contribution is 2.25. The minimum atomic E-state index is -5.89. The van der Waals surface area contributed by atoms with E-state index in [1.165, 1.54) is 13.0 Å². The fourth-order valence-corrected chi connectivity index (χ4v) is 4.56. The van der Waals surface area contributed by atoms with Gasteiger partial charge in [-0.15, -0.1) is 0 Å². The van der Waals surface area contributed by atoms with Gasteiger partial charge in [0.2, 0.25) is 5.49 Å². The Bertz CT molecular complexity index is 1610. The van der Waals surface area contributed by atoms with Crippen molar-refractivity contribution in [3.05, 3.63) is 117 Å². The SMILES string of the molecule is Cc1ccc/c(=[NH+]/[B-](c2c(F)c(F)c(F)c(F)c2F)(c2c(F)c(F)c(F)c(F)c2F)c2c(F)c(F)c(F)c(F)c2F)[nH]1. The van der Waals surface area contributed by atoms with Gasteiger partial charge in [0.25, 0.3) is 6.28 Å². The third kappa shape index (κ3) is 4.22. The van der Waals surface area contributed by atoms with E-state index >= 15 is 26.3 Å². The van der Waals surface area contributed by atoms with Crippen molar-refractivity contribution >= 4 is 22.7 Å². The van der Waals surface area contributed by atoms with Crippen LogP contribution in [0.4, 0.5) is 65.9 Å². The predicted molar refractivity (Wildman–Crippen MR) is 113 cm³/mol. The second-order valence-corrected chi connectivity index (χ2v) is 8.71. The molecular weight excluding hydrogens is 612 g/mol. The number of benzene rings is 3. The Hall–Kier alpha value is -4.38. The molecule has 0 amide bonds. The van der Waals surface area contributed by atoms with Crippen LogP contribution in [0.1, 0.15) is 5.69 Å². The van der Waals surface area contributed by atoms with Crippen molar-refractivity contribution in [2.24, 2.45) is 0 Å². The minimum absolute atomic E-state index is 0.0445. The fourth-order valence-electron chi connectivity index (χ4n) is 4.56. The number of H-pyrrole nitrogens is 1. The second kappa shape index (κ2) is 10.5. The first-order valence-corrected chi connectivity index (χ1v) is 11.0. The van der Waals surface area contributed by atoms with E-state index in [1.54, 1.807) is 4.90 Å². The molecule has 1 aromatic heterocycles. The maximum atomic E-state index is 15.4. The first-order chi connectivity index (χ1) is 19.5. The molecule has 1 heterocycles. The second-order valence-electron chi connectivity index (χ2n) is 8.71. The van der Waals surface area contributed by atoms with Gasteiger partial charge >= 0.3 is 0 Å². The van der Waals surface area contributed by atoms with Crippen LogP contribution in [0.15, 0.2) is 18.2 Å². The number of hydrogen-bond donors (Lipinski definition) is 2. The molecule has 18 heteroatoms. The Morgan fingerprint density at radius 1 is 0.429 bits per heavy atom. The number of aromatic nitrogens is 1. The third-order valence-corrected chi connectivity index (χ3v) is 6.34. The molecule has 0 fully saturated rings. The Morgan fingerprint density at radius 3 is 0.952 bits per heavy atom. The quantitative estimate of drug-likeness (QED) is 0.152. The van der Waals surface area contributed by atoms with Crippen molar-refractivity contribution in [1.29, 1.82) is 0 Å². The highest BCUT2D eigenvalue weighted by molar-refractivity contribution is 7.05. The first kappa shape index (κ1) is 30.6. The molecule has 222 valence electrons. The molecule has 0 spiro atoms. The number of hydrogen-bond acceptors (Lipinski definition) is 0. The lowest BCUT2D eigenvalue weighted by Gasteiger charge is -2.37. The van der Waals surface area contributed by atoms with Crippen LogP contribution in [0.3, 0.4) is 0 Å². The number of pyridine rings is 1. The molecule has 4 rings (SSSR count). The third-order valence-electron chi connectivity index (χ3n) is 6.34. The summed E-state index contributed by atoms with van der Waals surface area (Å²) in [6.07, 6.45) is -5.89. The molecule has 0 bridgehead atoms. The lowest BCUT2D eigenvalue weighted by atomic mass is 9.24. The molecule has 2 N–H and O–H groups in total. The lowest BCUT2D eigenvalue weighted by Crippen LogP contribution is -3.07. The average molecular weight is 620 g/mol. The van der Waals surface area contributed by atoms with Gasteiger partial charge in [0, 0.05) is 6.07 Å². The van der Waals surface area contributed by atoms with E-state index in [0.29, 0.717) is 6.07 Å². The fraction of sp³-hybridized carbons (Fsp3) is 0.0417. The number of rotatable bonds is 4. The predicted octanol–water partition coefficient (Wildman–Crippen LogP) is 3.06. The van der Waals surface area contributed by atoms with Gasteiger partial charge in [-0.3, -0.25) is 0 Å². The van der Waals surface area contributed by atoms with Crippen molar-refractivity contribution in [3.63, 3.8) is 0 Å². The van der Waals surface area contributed by atoms with Crippen LogP contribution in [-0.4, -0.2) is 11.3 Å². The zero-order valence-corrected chi connectivity index (χ0v) is 20.0. The molecule has 0 saturated carbocycles. The van der Waals surface area contributed by atoms with Crippen molar-refractivity contribution < 1.29 is 70.8 Å². The molecule has 0 atom stereocenters. The molecule has 0 unspecified atom stereocenters. The largest absolute Gasteiger partial charge is 0.457 e. The van der Waals surface area contributed by atoms with Crippen LogP contribution in [0, 0.1) is 94.2 Å². The van der Waals surface area contributed by atoms with Crippen LogP contribution in [0.2, 0.25) is 0 Å². The van der Waals surface area contributed by atoms with Crippen LogP contribution in [-0.2, 0) is 0 Å². The van der Waals surface area contributed by atoms with E-state index in [4.69, 9.17) is 0 Å². The standard InChI is InChI=1S/C24H8BF15N2/c1-5-3-2-4-6(41-5)42-25(7-10(26)16(32)22(38)17(33)11(7)27,8-12(28)18(34)23(39)19(35)13(8)29)9-14(30)20(36)24(40)21(37)15(9)31/h2-4,41-42H,1H3/b42-6-. The van der Waals surface area contributed by atoms with Gasteiger partial charge in [-0.2, -0.15) is 0 Å². The Balaban J connectivity index is 2.56. The van der Waals surface area contributed by atoms with Crippen molar-refractivity contribution in [2.75, 3.05) is 0 Å². The molecule has 0 saturated heterocycles. The molecule has 4 aromatic rings. The van der Waals surface area contributed by atoms with Crippen LogP contribution in [0.5, 0.6) is 0 Å². The van der Waals surface area contributed by atoms with E-state index in [1.807, 2.05) is 0 Å². The van der Waals surface area contributed by atoms with E-state index < -0.39 is 115 Å². The molecule has 3 aromatic carbocycles. The number of aromatic amines is 1. The van der Waals surface area contributed by atoms with Crippen molar-refractivity contribution in [2.45, 2.75) is 6.92 Å². The molecule has 2 nitrogen and oxygen atoms in total. The Kier molecular flexibility index (Phi) is 7.62. The number of nitrogens with one attached hydrogen (secondary N) is 2. The summed E-state index contributed by atoms with van der Waals surface area (Å²) in [6.45, 7) is 1.19. The lowest BCUT2D eigenvalue weighted by molar-refractivity contribution is -0.353. The summed E-state index contributed by atoms with van der Waals surface area (Å²) in [7, 11) is 0. The molecule has 0 aliphatic carbocycles. The number of aryl methyl sites for hydroxylation is 1. The van der Waals surface area contributed by atoms with Crippen LogP contribution in [0.25, 0.3) is 0 Å². The first-order valence-electron chi connectivity index (χ1n) is 11.0. The van der Waals surface area contributed by atoms with E-state index in [-0.39, 0.29) is 5.69 Å². The zero-order valence-electron chi connectivity index (χ0n) is 20.0. The smallest absolute Gasteiger partial charge is 0.282 e. The summed E-state index contributed by atoms with van der Waals surface area (Å²) < 4.78 is 221. The van der Waals surface area contributed by atoms with Crippen molar-refractivity contribution in [3.8, 4) is 0 Å². The van der Waals surface area contributed by atoms with Gasteiger partial charge in [0.1, 0.15) is 34.9 Å². The maximum Gasteiger partial charge on any atom is 0.282 e. The highest BCUT2D eigenvalue weighted by atomic mass is 19.2. The summed E-state index contributed by atoms with van der Waals surface area (Å²) in [5, 5.41) is 0. The average Bonchev–Trinajstić information content (AvgIpc) is 2.95. The zero-order chi connectivity index (χ0) is 31.6. The van der Waals surface area contributed by atoms with Gasteiger partial charge in [-0.05, 0) is 13.0 Å². The monoisotopic (exact) mass is 620 g/mol. The topological polar surface area (TPSA) is 29.8 Å². The van der Waals surface area contributed by atoms with E-state index in [9.17, 15) is 39.5 Å². The molecular formula is C24H8BF15N2. The summed E-state index contributed by atoms with van der Waals surface area (Å²) in [6, 6.07) is 2.85. The maximum absolute atomic E-state index is 15.4. The van der Waals surface area contributed by atoms with Crippen LogP contribution >= 0.6 is 0 Å².